The van der Waals surface area contributed by atoms with Crippen molar-refractivity contribution in [2.75, 3.05) is 18.4 Å². The van der Waals surface area contributed by atoms with E-state index in [9.17, 15) is 4.79 Å². The van der Waals surface area contributed by atoms with Crippen LogP contribution in [0.3, 0.4) is 0 Å². The average molecular weight is 385 g/mol. The molecule has 0 bridgehead atoms. The third kappa shape index (κ3) is 5.12. The van der Waals surface area contributed by atoms with E-state index in [0.717, 1.165) is 48.7 Å². The minimum Gasteiger partial charge on any atom is -0.325 e. The SMILES string of the molecule is Cc1cccc(C(C)C)c1NC(=O)C1CCCN(Cc2cccc(Cl)c2)C1. The van der Waals surface area contributed by atoms with Crippen LogP contribution in [0.5, 0.6) is 0 Å². The van der Waals surface area contributed by atoms with E-state index in [1.165, 1.54) is 11.1 Å². The number of rotatable bonds is 5. The van der Waals surface area contributed by atoms with Gasteiger partial charge in [-0.1, -0.05) is 55.8 Å². The van der Waals surface area contributed by atoms with Gasteiger partial charge in [-0.3, -0.25) is 9.69 Å². The summed E-state index contributed by atoms with van der Waals surface area (Å²) in [5, 5.41) is 4.00. The lowest BCUT2D eigenvalue weighted by molar-refractivity contribution is -0.121. The summed E-state index contributed by atoms with van der Waals surface area (Å²) in [7, 11) is 0. The zero-order valence-corrected chi connectivity index (χ0v) is 17.2. The number of carbonyl (C=O) groups excluding carboxylic acids is 1. The Morgan fingerprint density at radius 1 is 1.26 bits per heavy atom. The topological polar surface area (TPSA) is 32.3 Å². The van der Waals surface area contributed by atoms with E-state index >= 15 is 0 Å². The van der Waals surface area contributed by atoms with E-state index in [0.29, 0.717) is 5.92 Å². The molecule has 3 nitrogen and oxygen atoms in total. The molecule has 2 aromatic rings. The molecule has 144 valence electrons. The van der Waals surface area contributed by atoms with Crippen LogP contribution in [-0.2, 0) is 11.3 Å². The molecule has 0 radical (unpaired) electrons. The number of aryl methyl sites for hydroxylation is 1. The van der Waals surface area contributed by atoms with Gasteiger partial charge in [-0.25, -0.2) is 0 Å². The van der Waals surface area contributed by atoms with E-state index in [1.807, 2.05) is 18.2 Å². The van der Waals surface area contributed by atoms with Gasteiger partial charge in [0.05, 0.1) is 5.92 Å². The maximum atomic E-state index is 13.0. The van der Waals surface area contributed by atoms with Gasteiger partial charge in [-0.15, -0.1) is 0 Å². The number of nitrogens with one attached hydrogen (secondary N) is 1. The summed E-state index contributed by atoms with van der Waals surface area (Å²) in [5.41, 5.74) is 4.52. The van der Waals surface area contributed by atoms with Gasteiger partial charge in [-0.05, 0) is 61.1 Å². The highest BCUT2D eigenvalue weighted by Crippen LogP contribution is 2.29. The first-order valence-corrected chi connectivity index (χ1v) is 10.2. The number of hydrogen-bond donors (Lipinski definition) is 1. The number of halogens is 1. The smallest absolute Gasteiger partial charge is 0.228 e. The number of benzene rings is 2. The van der Waals surface area contributed by atoms with Crippen LogP contribution >= 0.6 is 11.6 Å². The van der Waals surface area contributed by atoms with Crippen molar-refractivity contribution in [3.05, 3.63) is 64.2 Å². The second-order valence-corrected chi connectivity index (χ2v) is 8.32. The van der Waals surface area contributed by atoms with Crippen molar-refractivity contribution >= 4 is 23.2 Å². The Kier molecular flexibility index (Phi) is 6.56. The molecule has 1 amide bonds. The zero-order valence-electron chi connectivity index (χ0n) is 16.5. The second kappa shape index (κ2) is 8.90. The van der Waals surface area contributed by atoms with Crippen molar-refractivity contribution in [3.8, 4) is 0 Å². The molecule has 1 unspecified atom stereocenters. The molecule has 1 aliphatic heterocycles. The molecule has 0 aliphatic carbocycles. The number of anilines is 1. The number of carbonyl (C=O) groups is 1. The molecule has 1 N–H and O–H groups in total. The molecule has 0 spiro atoms. The lowest BCUT2D eigenvalue weighted by Gasteiger charge is -2.32. The standard InChI is InChI=1S/C23H29ClN2O/c1-16(2)21-11-4-7-17(3)22(21)25-23(27)19-9-6-12-26(15-19)14-18-8-5-10-20(24)13-18/h4-5,7-8,10-11,13,16,19H,6,9,12,14-15H2,1-3H3,(H,25,27). The summed E-state index contributed by atoms with van der Waals surface area (Å²) >= 11 is 6.10. The van der Waals surface area contributed by atoms with Crippen molar-refractivity contribution in [3.63, 3.8) is 0 Å². The fourth-order valence-corrected chi connectivity index (χ4v) is 4.09. The first-order chi connectivity index (χ1) is 12.9. The lowest BCUT2D eigenvalue weighted by atomic mass is 9.94. The van der Waals surface area contributed by atoms with Crippen molar-refractivity contribution in [1.82, 2.24) is 4.90 Å². The highest BCUT2D eigenvalue weighted by molar-refractivity contribution is 6.30. The molecule has 0 aromatic heterocycles. The molecule has 2 aromatic carbocycles. The third-order valence-electron chi connectivity index (χ3n) is 5.35. The molecular weight excluding hydrogens is 356 g/mol. The molecule has 27 heavy (non-hydrogen) atoms. The molecule has 0 saturated carbocycles. The Hall–Kier alpha value is -1.84. The third-order valence-corrected chi connectivity index (χ3v) is 5.58. The maximum Gasteiger partial charge on any atom is 0.228 e. The Balaban J connectivity index is 1.67. The summed E-state index contributed by atoms with van der Waals surface area (Å²) in [6.07, 6.45) is 1.99. The predicted molar refractivity (Wildman–Crippen MR) is 113 cm³/mol. The Bertz CT molecular complexity index is 803. The van der Waals surface area contributed by atoms with Gasteiger partial charge in [0.15, 0.2) is 0 Å². The summed E-state index contributed by atoms with van der Waals surface area (Å²) < 4.78 is 0. The second-order valence-electron chi connectivity index (χ2n) is 7.89. The summed E-state index contributed by atoms with van der Waals surface area (Å²) in [4.78, 5) is 15.3. The summed E-state index contributed by atoms with van der Waals surface area (Å²) in [6.45, 7) is 9.05. The summed E-state index contributed by atoms with van der Waals surface area (Å²) in [6, 6.07) is 14.2. The molecule has 4 heteroatoms. The van der Waals surface area contributed by atoms with Gasteiger partial charge in [0.25, 0.3) is 0 Å². The van der Waals surface area contributed by atoms with Crippen molar-refractivity contribution in [2.24, 2.45) is 5.92 Å². The molecule has 1 heterocycles. The lowest BCUT2D eigenvalue weighted by Crippen LogP contribution is -2.40. The van der Waals surface area contributed by atoms with Crippen LogP contribution in [0.15, 0.2) is 42.5 Å². The van der Waals surface area contributed by atoms with Crippen molar-refractivity contribution in [2.45, 2.75) is 46.1 Å². The zero-order chi connectivity index (χ0) is 19.4. The first kappa shape index (κ1) is 19.9. The van der Waals surface area contributed by atoms with E-state index < -0.39 is 0 Å². The normalized spacial score (nSPS) is 17.9. The van der Waals surface area contributed by atoms with Gasteiger partial charge in [0.2, 0.25) is 5.91 Å². The number of para-hydroxylation sites is 1. The van der Waals surface area contributed by atoms with Crippen LogP contribution in [0, 0.1) is 12.8 Å². The molecule has 3 rings (SSSR count). The quantitative estimate of drug-likeness (QED) is 0.725. The highest BCUT2D eigenvalue weighted by Gasteiger charge is 2.26. The molecule has 1 aliphatic rings. The van der Waals surface area contributed by atoms with Gasteiger partial charge >= 0.3 is 0 Å². The monoisotopic (exact) mass is 384 g/mol. The first-order valence-electron chi connectivity index (χ1n) is 9.81. The number of likely N-dealkylation sites (tertiary alicyclic amines) is 1. The van der Waals surface area contributed by atoms with E-state index in [4.69, 9.17) is 11.6 Å². The molecular formula is C23H29ClN2O. The minimum absolute atomic E-state index is 0.0255. The Morgan fingerprint density at radius 2 is 2.04 bits per heavy atom. The average Bonchev–Trinajstić information content (AvgIpc) is 2.63. The van der Waals surface area contributed by atoms with Gasteiger partial charge in [0, 0.05) is 23.8 Å². The Labute approximate surface area is 167 Å². The van der Waals surface area contributed by atoms with E-state index in [1.54, 1.807) is 0 Å². The van der Waals surface area contributed by atoms with Crippen LogP contribution in [0.4, 0.5) is 5.69 Å². The van der Waals surface area contributed by atoms with Crippen LogP contribution in [-0.4, -0.2) is 23.9 Å². The highest BCUT2D eigenvalue weighted by atomic mass is 35.5. The van der Waals surface area contributed by atoms with Crippen LogP contribution in [0.1, 0.15) is 49.3 Å². The number of hydrogen-bond acceptors (Lipinski definition) is 2. The van der Waals surface area contributed by atoms with E-state index in [2.05, 4.69) is 55.3 Å². The largest absolute Gasteiger partial charge is 0.325 e. The minimum atomic E-state index is 0.0255. The van der Waals surface area contributed by atoms with Crippen LogP contribution in [0.25, 0.3) is 0 Å². The summed E-state index contributed by atoms with van der Waals surface area (Å²) in [5.74, 6) is 0.547. The van der Waals surface area contributed by atoms with Gasteiger partial charge < -0.3 is 5.32 Å². The maximum absolute atomic E-state index is 13.0. The van der Waals surface area contributed by atoms with Crippen molar-refractivity contribution in [1.29, 1.82) is 0 Å². The predicted octanol–water partition coefficient (Wildman–Crippen LogP) is 5.62. The number of nitrogens with zero attached hydrogens (tertiary/aromatic N) is 1. The van der Waals surface area contributed by atoms with Gasteiger partial charge in [-0.2, -0.15) is 0 Å². The fourth-order valence-electron chi connectivity index (χ4n) is 3.87. The molecule has 1 atom stereocenters. The Morgan fingerprint density at radius 3 is 2.78 bits per heavy atom. The van der Waals surface area contributed by atoms with Crippen molar-refractivity contribution < 1.29 is 4.79 Å². The molecule has 1 saturated heterocycles. The molecule has 1 fully saturated rings. The van der Waals surface area contributed by atoms with Gasteiger partial charge in [0.1, 0.15) is 0 Å². The van der Waals surface area contributed by atoms with Crippen LogP contribution in [0.2, 0.25) is 5.02 Å². The van der Waals surface area contributed by atoms with Crippen LogP contribution < -0.4 is 5.32 Å². The van der Waals surface area contributed by atoms with E-state index in [-0.39, 0.29) is 11.8 Å². The number of amides is 1. The number of piperidine rings is 1. The fraction of sp³-hybridized carbons (Fsp3) is 0.435.